The second-order valence-electron chi connectivity index (χ2n) is 5.33. The largest absolute Gasteiger partial charge is 0.465 e. The number of methoxy groups -OCH3 is 1. The van der Waals surface area contributed by atoms with E-state index in [9.17, 15) is 15.3 Å². The van der Waals surface area contributed by atoms with E-state index in [1.807, 2.05) is 6.07 Å². The molecule has 0 unspecified atom stereocenters. The zero-order chi connectivity index (χ0) is 18.1. The summed E-state index contributed by atoms with van der Waals surface area (Å²) in [5, 5.41) is 19.0. The van der Waals surface area contributed by atoms with Crippen LogP contribution in [0.5, 0.6) is 0 Å². The summed E-state index contributed by atoms with van der Waals surface area (Å²) in [6.45, 7) is 0. The van der Waals surface area contributed by atoms with Gasteiger partial charge >= 0.3 is 5.97 Å². The number of benzene rings is 2. The van der Waals surface area contributed by atoms with Gasteiger partial charge in [0.2, 0.25) is 0 Å². The normalized spacial score (nSPS) is 9.88. The first-order valence-electron chi connectivity index (χ1n) is 7.71. The second-order valence-corrected chi connectivity index (χ2v) is 5.33. The predicted octanol–water partition coefficient (Wildman–Crippen LogP) is 3.59. The van der Waals surface area contributed by atoms with Gasteiger partial charge in [-0.25, -0.2) is 4.79 Å². The first-order valence-corrected chi connectivity index (χ1v) is 7.71. The lowest BCUT2D eigenvalue weighted by Crippen LogP contribution is -2.21. The third kappa shape index (κ3) is 4.05. The molecule has 25 heavy (non-hydrogen) atoms. The minimum absolute atomic E-state index is 0.289. The number of hydrogen-bond donors (Lipinski definition) is 0. The summed E-state index contributed by atoms with van der Waals surface area (Å²) in [5.74, 6) is 5.44. The van der Waals surface area contributed by atoms with E-state index >= 15 is 0 Å². The van der Waals surface area contributed by atoms with Gasteiger partial charge in [-0.05, 0) is 24.1 Å². The van der Waals surface area contributed by atoms with E-state index in [-0.39, 0.29) is 6.42 Å². The second kappa shape index (κ2) is 8.34. The van der Waals surface area contributed by atoms with Crippen molar-refractivity contribution in [2.24, 2.45) is 0 Å². The molecule has 4 heteroatoms. The van der Waals surface area contributed by atoms with Crippen LogP contribution in [0.15, 0.2) is 54.6 Å². The molecule has 0 saturated carbocycles. The van der Waals surface area contributed by atoms with Crippen LogP contribution >= 0.6 is 0 Å². The number of carbonyl (C=O) groups is 1. The molecule has 2 aromatic carbocycles. The molecule has 0 aromatic heterocycles. The number of esters is 1. The van der Waals surface area contributed by atoms with Crippen molar-refractivity contribution in [2.75, 3.05) is 7.11 Å². The maximum Gasteiger partial charge on any atom is 0.339 e. The predicted molar refractivity (Wildman–Crippen MR) is 93.2 cm³/mol. The molecule has 0 saturated heterocycles. The van der Waals surface area contributed by atoms with Crippen molar-refractivity contribution in [1.29, 1.82) is 10.5 Å². The lowest BCUT2D eigenvalue weighted by Gasteiger charge is -2.17. The Hall–Kier alpha value is -3.55. The summed E-state index contributed by atoms with van der Waals surface area (Å²) in [7, 11) is 1.32. The van der Waals surface area contributed by atoms with Gasteiger partial charge in [-0.2, -0.15) is 10.5 Å². The van der Waals surface area contributed by atoms with Gasteiger partial charge in [-0.1, -0.05) is 54.3 Å². The lowest BCUT2D eigenvalue weighted by atomic mass is 9.79. The van der Waals surface area contributed by atoms with Gasteiger partial charge in [0.15, 0.2) is 5.41 Å². The Balaban J connectivity index is 2.19. The Morgan fingerprint density at radius 3 is 2.32 bits per heavy atom. The Bertz CT molecular complexity index is 879. The van der Waals surface area contributed by atoms with E-state index in [1.165, 1.54) is 7.11 Å². The molecular formula is C21H16N2O2. The number of hydrogen-bond acceptors (Lipinski definition) is 4. The first-order chi connectivity index (χ1) is 12.2. The molecule has 2 aromatic rings. The van der Waals surface area contributed by atoms with E-state index in [2.05, 4.69) is 24.0 Å². The van der Waals surface area contributed by atoms with E-state index in [0.29, 0.717) is 23.1 Å². The molecule has 4 nitrogen and oxygen atoms in total. The summed E-state index contributed by atoms with van der Waals surface area (Å²) >= 11 is 0. The fraction of sp³-hybridized carbons (Fsp3) is 0.190. The molecule has 0 heterocycles. The summed E-state index contributed by atoms with van der Waals surface area (Å²) in [6, 6.07) is 20.1. The van der Waals surface area contributed by atoms with Crippen LogP contribution < -0.4 is 0 Å². The fourth-order valence-corrected chi connectivity index (χ4v) is 2.42. The van der Waals surface area contributed by atoms with Crippen molar-refractivity contribution in [3.05, 3.63) is 71.3 Å². The van der Waals surface area contributed by atoms with Gasteiger partial charge in [0, 0.05) is 12.0 Å². The molecule has 2 rings (SSSR count). The smallest absolute Gasteiger partial charge is 0.339 e. The highest BCUT2D eigenvalue weighted by Gasteiger charge is 2.31. The SMILES string of the molecule is COC(=O)c1ccccc1C#CCCC(C#N)(C#N)c1ccccc1. The van der Waals surface area contributed by atoms with Crippen LogP contribution in [0.2, 0.25) is 0 Å². The standard InChI is InChI=1S/C21H16N2O2/c1-25-20(24)19-13-6-5-9-17(19)10-7-8-14-21(15-22,16-23)18-11-3-2-4-12-18/h2-6,9,11-13H,8,14H2,1H3. The summed E-state index contributed by atoms with van der Waals surface area (Å²) in [4.78, 5) is 11.7. The minimum atomic E-state index is -1.22. The van der Waals surface area contributed by atoms with Crippen LogP contribution in [0, 0.1) is 34.5 Å². The molecule has 0 spiro atoms. The van der Waals surface area contributed by atoms with Gasteiger partial charge in [0.1, 0.15) is 0 Å². The van der Waals surface area contributed by atoms with Crippen molar-refractivity contribution < 1.29 is 9.53 Å². The third-order valence-electron chi connectivity index (χ3n) is 3.83. The number of carbonyl (C=O) groups excluding carboxylic acids is 1. The number of ether oxygens (including phenoxy) is 1. The summed E-state index contributed by atoms with van der Waals surface area (Å²) in [6.07, 6.45) is 0.642. The maximum absolute atomic E-state index is 11.7. The molecule has 0 bridgehead atoms. The van der Waals surface area contributed by atoms with Crippen molar-refractivity contribution in [3.63, 3.8) is 0 Å². The highest BCUT2D eigenvalue weighted by atomic mass is 16.5. The molecule has 0 N–H and O–H groups in total. The Morgan fingerprint density at radius 1 is 1.04 bits per heavy atom. The van der Waals surface area contributed by atoms with Crippen LogP contribution in [0.3, 0.4) is 0 Å². The van der Waals surface area contributed by atoms with Crippen molar-refractivity contribution in [2.45, 2.75) is 18.3 Å². The monoisotopic (exact) mass is 328 g/mol. The number of nitrogens with zero attached hydrogens (tertiary/aromatic N) is 2. The quantitative estimate of drug-likeness (QED) is 0.635. The van der Waals surface area contributed by atoms with Crippen LogP contribution in [-0.2, 0) is 10.2 Å². The van der Waals surface area contributed by atoms with Gasteiger partial charge in [-0.3, -0.25) is 0 Å². The molecule has 0 atom stereocenters. The van der Waals surface area contributed by atoms with Crippen LogP contribution in [0.1, 0.15) is 34.3 Å². The van der Waals surface area contributed by atoms with E-state index in [0.717, 1.165) is 0 Å². The van der Waals surface area contributed by atoms with Crippen molar-refractivity contribution >= 4 is 5.97 Å². The van der Waals surface area contributed by atoms with Crippen LogP contribution in [0.25, 0.3) is 0 Å². The molecule has 0 radical (unpaired) electrons. The van der Waals surface area contributed by atoms with E-state index < -0.39 is 11.4 Å². The summed E-state index contributed by atoms with van der Waals surface area (Å²) < 4.78 is 4.74. The number of nitriles is 2. The molecule has 0 aliphatic heterocycles. The van der Waals surface area contributed by atoms with Gasteiger partial charge < -0.3 is 4.74 Å². The van der Waals surface area contributed by atoms with Crippen LogP contribution in [0.4, 0.5) is 0 Å². The van der Waals surface area contributed by atoms with Crippen molar-refractivity contribution in [3.8, 4) is 24.0 Å². The highest BCUT2D eigenvalue weighted by molar-refractivity contribution is 5.92. The Morgan fingerprint density at radius 2 is 1.68 bits per heavy atom. The molecule has 0 amide bonds. The maximum atomic E-state index is 11.7. The zero-order valence-electron chi connectivity index (χ0n) is 13.8. The first kappa shape index (κ1) is 17.8. The summed E-state index contributed by atoms with van der Waals surface area (Å²) in [5.41, 5.74) is 0.398. The van der Waals surface area contributed by atoms with Gasteiger partial charge in [0.25, 0.3) is 0 Å². The van der Waals surface area contributed by atoms with E-state index in [4.69, 9.17) is 4.74 Å². The lowest BCUT2D eigenvalue weighted by molar-refractivity contribution is 0.0600. The van der Waals surface area contributed by atoms with Gasteiger partial charge in [-0.15, -0.1) is 0 Å². The highest BCUT2D eigenvalue weighted by Crippen LogP contribution is 2.27. The van der Waals surface area contributed by atoms with Crippen LogP contribution in [-0.4, -0.2) is 13.1 Å². The average molecular weight is 328 g/mol. The van der Waals surface area contributed by atoms with E-state index in [1.54, 1.807) is 48.5 Å². The van der Waals surface area contributed by atoms with Gasteiger partial charge in [0.05, 0.1) is 24.8 Å². The number of rotatable bonds is 4. The molecular weight excluding hydrogens is 312 g/mol. The molecule has 122 valence electrons. The zero-order valence-corrected chi connectivity index (χ0v) is 13.8. The Labute approximate surface area is 147 Å². The Kier molecular flexibility index (Phi) is 5.94. The fourth-order valence-electron chi connectivity index (χ4n) is 2.42. The minimum Gasteiger partial charge on any atom is -0.465 e. The molecule has 0 aliphatic carbocycles. The molecule has 0 fully saturated rings. The van der Waals surface area contributed by atoms with Crippen molar-refractivity contribution in [1.82, 2.24) is 0 Å². The third-order valence-corrected chi connectivity index (χ3v) is 3.83. The molecule has 0 aliphatic rings. The topological polar surface area (TPSA) is 73.9 Å². The average Bonchev–Trinajstić information content (AvgIpc) is 2.69.